The zero-order valence-electron chi connectivity index (χ0n) is 13.0. The van der Waals surface area contributed by atoms with Crippen LogP contribution in [0.2, 0.25) is 0 Å². The van der Waals surface area contributed by atoms with Crippen molar-refractivity contribution in [3.8, 4) is 0 Å². The van der Waals surface area contributed by atoms with Gasteiger partial charge in [0.15, 0.2) is 0 Å². The van der Waals surface area contributed by atoms with Gasteiger partial charge in [-0.25, -0.2) is 4.79 Å². The van der Waals surface area contributed by atoms with E-state index in [2.05, 4.69) is 5.32 Å². The standard InChI is InChI=1S/C15H28N2O3/c1-14(2,3)15(4,13(19)20)17-12(18)11(16)10-8-6-5-7-9-10/h10-11H,5-9,16H2,1-4H3,(H,17,18)(H,19,20)/t11-,15+/m0/s1. The van der Waals surface area contributed by atoms with Gasteiger partial charge in [0, 0.05) is 0 Å². The molecule has 4 N–H and O–H groups in total. The highest BCUT2D eigenvalue weighted by Gasteiger charge is 2.46. The van der Waals surface area contributed by atoms with Gasteiger partial charge in [0.1, 0.15) is 5.54 Å². The molecule has 2 atom stereocenters. The Morgan fingerprint density at radius 2 is 1.65 bits per heavy atom. The molecule has 0 aromatic rings. The van der Waals surface area contributed by atoms with Gasteiger partial charge in [0.2, 0.25) is 5.91 Å². The Bertz CT molecular complexity index is 370. The van der Waals surface area contributed by atoms with Crippen LogP contribution in [-0.4, -0.2) is 28.6 Å². The molecular formula is C15H28N2O3. The number of carboxylic acid groups (broad SMARTS) is 1. The highest BCUT2D eigenvalue weighted by atomic mass is 16.4. The molecule has 1 rings (SSSR count). The minimum absolute atomic E-state index is 0.168. The lowest BCUT2D eigenvalue weighted by Gasteiger charge is -2.40. The molecule has 0 bridgehead atoms. The maximum absolute atomic E-state index is 12.3. The Morgan fingerprint density at radius 3 is 2.05 bits per heavy atom. The van der Waals surface area contributed by atoms with Crippen LogP contribution in [0.5, 0.6) is 0 Å². The number of rotatable bonds is 4. The first-order chi connectivity index (χ1) is 9.09. The van der Waals surface area contributed by atoms with Gasteiger partial charge >= 0.3 is 5.97 Å². The number of nitrogens with two attached hydrogens (primary N) is 1. The summed E-state index contributed by atoms with van der Waals surface area (Å²) in [5.74, 6) is -1.22. The molecule has 1 aliphatic carbocycles. The molecule has 0 heterocycles. The Morgan fingerprint density at radius 1 is 1.15 bits per heavy atom. The molecule has 1 fully saturated rings. The van der Waals surface area contributed by atoms with E-state index < -0.39 is 23.0 Å². The van der Waals surface area contributed by atoms with Crippen molar-refractivity contribution in [3.05, 3.63) is 0 Å². The van der Waals surface area contributed by atoms with E-state index in [4.69, 9.17) is 5.73 Å². The molecule has 5 nitrogen and oxygen atoms in total. The molecule has 1 amide bonds. The summed E-state index contributed by atoms with van der Waals surface area (Å²) in [6.45, 7) is 6.94. The fraction of sp³-hybridized carbons (Fsp3) is 0.867. The SMILES string of the molecule is CC(C)(C)[C@](C)(NC(=O)[C@@H](N)C1CCCCC1)C(=O)O. The minimum Gasteiger partial charge on any atom is -0.479 e. The first-order valence-electron chi connectivity index (χ1n) is 7.40. The number of carboxylic acids is 1. The van der Waals surface area contributed by atoms with E-state index in [-0.39, 0.29) is 11.8 Å². The average Bonchev–Trinajstić information content (AvgIpc) is 2.37. The van der Waals surface area contributed by atoms with Crippen LogP contribution < -0.4 is 11.1 Å². The smallest absolute Gasteiger partial charge is 0.329 e. The number of nitrogens with one attached hydrogen (secondary N) is 1. The number of amides is 1. The first-order valence-corrected chi connectivity index (χ1v) is 7.40. The molecular weight excluding hydrogens is 256 g/mol. The Kier molecular flexibility index (Phi) is 5.19. The van der Waals surface area contributed by atoms with Crippen LogP contribution in [0.25, 0.3) is 0 Å². The number of carbonyl (C=O) groups is 2. The lowest BCUT2D eigenvalue weighted by atomic mass is 9.74. The van der Waals surface area contributed by atoms with Gasteiger partial charge in [-0.1, -0.05) is 40.0 Å². The summed E-state index contributed by atoms with van der Waals surface area (Å²) in [5, 5.41) is 12.1. The average molecular weight is 284 g/mol. The highest BCUT2D eigenvalue weighted by molar-refractivity contribution is 5.90. The Labute approximate surface area is 121 Å². The van der Waals surface area contributed by atoms with Gasteiger partial charge in [-0.05, 0) is 31.1 Å². The summed E-state index contributed by atoms with van der Waals surface area (Å²) < 4.78 is 0. The summed E-state index contributed by atoms with van der Waals surface area (Å²) in [4.78, 5) is 23.9. The maximum Gasteiger partial charge on any atom is 0.329 e. The zero-order chi connectivity index (χ0) is 15.6. The molecule has 0 unspecified atom stereocenters. The molecule has 0 saturated heterocycles. The van der Waals surface area contributed by atoms with E-state index in [0.29, 0.717) is 0 Å². The van der Waals surface area contributed by atoms with Gasteiger partial charge in [-0.3, -0.25) is 4.79 Å². The van der Waals surface area contributed by atoms with E-state index in [1.165, 1.54) is 6.42 Å². The topological polar surface area (TPSA) is 92.4 Å². The Hall–Kier alpha value is -1.10. The van der Waals surface area contributed by atoms with Gasteiger partial charge in [0.05, 0.1) is 6.04 Å². The molecule has 5 heteroatoms. The van der Waals surface area contributed by atoms with Crippen molar-refractivity contribution in [2.75, 3.05) is 0 Å². The molecule has 0 aliphatic heterocycles. The van der Waals surface area contributed by atoms with Crippen molar-refractivity contribution in [2.45, 2.75) is 71.4 Å². The predicted octanol–water partition coefficient (Wildman–Crippen LogP) is 1.90. The van der Waals surface area contributed by atoms with Gasteiger partial charge in [0.25, 0.3) is 0 Å². The minimum atomic E-state index is -1.32. The van der Waals surface area contributed by atoms with Gasteiger partial charge < -0.3 is 16.2 Å². The molecule has 1 saturated carbocycles. The summed E-state index contributed by atoms with van der Waals surface area (Å²) in [6, 6.07) is -0.615. The third-order valence-corrected chi connectivity index (χ3v) is 4.76. The number of carbonyl (C=O) groups excluding carboxylic acids is 1. The van der Waals surface area contributed by atoms with Crippen molar-refractivity contribution < 1.29 is 14.7 Å². The highest BCUT2D eigenvalue weighted by Crippen LogP contribution is 2.31. The quantitative estimate of drug-likeness (QED) is 0.735. The van der Waals surface area contributed by atoms with Crippen molar-refractivity contribution in [3.63, 3.8) is 0 Å². The van der Waals surface area contributed by atoms with Gasteiger partial charge in [-0.2, -0.15) is 0 Å². The summed E-state index contributed by atoms with van der Waals surface area (Å²) in [7, 11) is 0. The van der Waals surface area contributed by atoms with E-state index in [0.717, 1.165) is 25.7 Å². The van der Waals surface area contributed by atoms with E-state index in [9.17, 15) is 14.7 Å². The number of hydrogen-bond donors (Lipinski definition) is 3. The lowest BCUT2D eigenvalue weighted by molar-refractivity contribution is -0.152. The summed E-state index contributed by atoms with van der Waals surface area (Å²) >= 11 is 0. The first kappa shape index (κ1) is 17.0. The Balaban J connectivity index is 2.78. The summed E-state index contributed by atoms with van der Waals surface area (Å²) in [5.41, 5.74) is 4.12. The second-order valence-corrected chi connectivity index (χ2v) is 7.09. The molecule has 0 radical (unpaired) electrons. The van der Waals surface area contributed by atoms with Crippen LogP contribution in [0, 0.1) is 11.3 Å². The lowest BCUT2D eigenvalue weighted by Crippen LogP contribution is -2.63. The molecule has 0 spiro atoms. The molecule has 20 heavy (non-hydrogen) atoms. The molecule has 1 aliphatic rings. The normalized spacial score (nSPS) is 21.9. The fourth-order valence-corrected chi connectivity index (χ4v) is 2.60. The van der Waals surface area contributed by atoms with E-state index >= 15 is 0 Å². The van der Waals surface area contributed by atoms with E-state index in [1.807, 2.05) is 0 Å². The maximum atomic E-state index is 12.3. The zero-order valence-corrected chi connectivity index (χ0v) is 13.0. The second-order valence-electron chi connectivity index (χ2n) is 7.09. The van der Waals surface area contributed by atoms with Gasteiger partial charge in [-0.15, -0.1) is 0 Å². The predicted molar refractivity (Wildman–Crippen MR) is 78.2 cm³/mol. The molecule has 0 aromatic heterocycles. The second kappa shape index (κ2) is 6.12. The van der Waals surface area contributed by atoms with E-state index in [1.54, 1.807) is 27.7 Å². The van der Waals surface area contributed by atoms with Crippen LogP contribution in [0.1, 0.15) is 59.8 Å². The van der Waals surface area contributed by atoms with Crippen molar-refractivity contribution in [2.24, 2.45) is 17.1 Å². The summed E-state index contributed by atoms with van der Waals surface area (Å²) in [6.07, 6.45) is 5.30. The molecule has 0 aromatic carbocycles. The van der Waals surface area contributed by atoms with Crippen LogP contribution >= 0.6 is 0 Å². The third-order valence-electron chi connectivity index (χ3n) is 4.76. The number of aliphatic carboxylic acids is 1. The monoisotopic (exact) mass is 284 g/mol. The third kappa shape index (κ3) is 3.51. The molecule has 116 valence electrons. The van der Waals surface area contributed by atoms with Crippen LogP contribution in [0.3, 0.4) is 0 Å². The van der Waals surface area contributed by atoms with Crippen LogP contribution in [0.15, 0.2) is 0 Å². The fourth-order valence-electron chi connectivity index (χ4n) is 2.60. The van der Waals surface area contributed by atoms with Crippen LogP contribution in [0.4, 0.5) is 0 Å². The van der Waals surface area contributed by atoms with Crippen LogP contribution in [-0.2, 0) is 9.59 Å². The van der Waals surface area contributed by atoms with Crippen molar-refractivity contribution in [1.82, 2.24) is 5.32 Å². The largest absolute Gasteiger partial charge is 0.479 e. The van der Waals surface area contributed by atoms with Crippen molar-refractivity contribution in [1.29, 1.82) is 0 Å². The van der Waals surface area contributed by atoms with Crippen molar-refractivity contribution >= 4 is 11.9 Å². The number of hydrogen-bond acceptors (Lipinski definition) is 3.